The zero-order chi connectivity index (χ0) is 26.6. The van der Waals surface area contributed by atoms with Crippen LogP contribution in [0.1, 0.15) is 89.7 Å². The minimum atomic E-state index is -0.726. The number of carbonyl (C=O) groups excluding carboxylic acids is 2. The topological polar surface area (TPSA) is 85.8 Å². The van der Waals surface area contributed by atoms with Gasteiger partial charge in [-0.25, -0.2) is 4.79 Å². The first-order valence-corrected chi connectivity index (χ1v) is 12.2. The number of hydrogen-bond acceptors (Lipinski definition) is 4. The van der Waals surface area contributed by atoms with Crippen molar-refractivity contribution in [3.8, 4) is 5.75 Å². The van der Waals surface area contributed by atoms with Crippen LogP contribution in [-0.2, 0) is 28.7 Å². The number of benzene rings is 1. The third-order valence-corrected chi connectivity index (χ3v) is 6.15. The monoisotopic (exact) mass is 563 g/mol. The lowest BCUT2D eigenvalue weighted by Crippen LogP contribution is -2.30. The molecule has 0 aliphatic heterocycles. The Labute approximate surface area is 225 Å². The van der Waals surface area contributed by atoms with Crippen LogP contribution in [-0.4, -0.2) is 33.2 Å². The average Bonchev–Trinajstić information content (AvgIpc) is 3.13. The first kappa shape index (κ1) is 31.4. The predicted octanol–water partition coefficient (Wildman–Crippen LogP) is 6.46. The summed E-state index contributed by atoms with van der Waals surface area (Å²) in [6.07, 6.45) is 6.86. The molecule has 1 amide bonds. The van der Waals surface area contributed by atoms with Gasteiger partial charge in [-0.15, -0.1) is 22.0 Å². The molecule has 8 heteroatoms. The first-order valence-electron chi connectivity index (χ1n) is 12.2. The van der Waals surface area contributed by atoms with Gasteiger partial charge in [-0.3, -0.25) is 4.79 Å². The summed E-state index contributed by atoms with van der Waals surface area (Å²) in [5, 5.41) is 11.0. The highest BCUT2D eigenvalue weighted by Gasteiger charge is 2.28. The Morgan fingerprint density at radius 1 is 0.972 bits per heavy atom. The van der Waals surface area contributed by atoms with Crippen molar-refractivity contribution < 1.29 is 19.4 Å². The third-order valence-electron chi connectivity index (χ3n) is 6.15. The number of Topliss-reactive ketones (excluding diaryl/α,β-unsaturated/α-hetero) is 1. The van der Waals surface area contributed by atoms with E-state index in [1.54, 1.807) is 22.9 Å². The number of phenols is 1. The minimum absolute atomic E-state index is 0. The van der Waals surface area contributed by atoms with Crippen LogP contribution in [0.5, 0.6) is 5.75 Å². The van der Waals surface area contributed by atoms with E-state index in [4.69, 9.17) is 4.74 Å². The zero-order valence-corrected chi connectivity index (χ0v) is 24.9. The fraction of sp³-hybridized carbons (Fsp3) is 0.536. The number of aromatic hydroxyl groups is 1. The van der Waals surface area contributed by atoms with Gasteiger partial charge in [0, 0.05) is 35.6 Å². The third kappa shape index (κ3) is 7.69. The highest BCUT2D eigenvalue weighted by atomic mass is 79.9. The van der Waals surface area contributed by atoms with Crippen LogP contribution in [0.4, 0.5) is 4.79 Å². The summed E-state index contributed by atoms with van der Waals surface area (Å²) in [6.45, 7) is 16.8. The van der Waals surface area contributed by atoms with Crippen molar-refractivity contribution in [2.75, 3.05) is 7.11 Å². The van der Waals surface area contributed by atoms with Gasteiger partial charge in [-0.05, 0) is 35.8 Å². The number of nitrogens with zero attached hydrogens (tertiary/aromatic N) is 3. The second-order valence-corrected chi connectivity index (χ2v) is 10.9. The lowest BCUT2D eigenvalue weighted by Gasteiger charge is -2.28. The fourth-order valence-corrected chi connectivity index (χ4v) is 3.93. The second-order valence-electron chi connectivity index (χ2n) is 10.9. The van der Waals surface area contributed by atoms with Gasteiger partial charge >= 0.3 is 6.09 Å². The van der Waals surface area contributed by atoms with Crippen molar-refractivity contribution in [3.63, 3.8) is 0 Å². The van der Waals surface area contributed by atoms with Crippen molar-refractivity contribution in [1.82, 2.24) is 9.13 Å². The number of ketones is 1. The molecule has 1 aromatic carbocycles. The van der Waals surface area contributed by atoms with E-state index in [0.717, 1.165) is 24.0 Å². The second kappa shape index (κ2) is 12.6. The van der Waals surface area contributed by atoms with Crippen molar-refractivity contribution in [1.29, 1.82) is 0 Å². The Bertz CT molecular complexity index is 1130. The van der Waals surface area contributed by atoms with Crippen molar-refractivity contribution in [2.24, 2.45) is 4.99 Å². The Morgan fingerprint density at radius 2 is 1.47 bits per heavy atom. The predicted molar refractivity (Wildman–Crippen MR) is 149 cm³/mol. The maximum Gasteiger partial charge on any atom is 0.436 e. The Morgan fingerprint density at radius 3 is 1.92 bits per heavy atom. The molecule has 0 bridgehead atoms. The van der Waals surface area contributed by atoms with E-state index >= 15 is 0 Å². The number of amides is 1. The molecule has 0 radical (unpaired) electrons. The summed E-state index contributed by atoms with van der Waals surface area (Å²) in [5.74, 6) is 0.0968. The van der Waals surface area contributed by atoms with Gasteiger partial charge in [-0.2, -0.15) is 0 Å². The number of rotatable bonds is 7. The molecule has 0 saturated carbocycles. The van der Waals surface area contributed by atoms with Crippen LogP contribution in [0.3, 0.4) is 0 Å². The first-order chi connectivity index (χ1) is 16.2. The number of aromatic nitrogens is 2. The standard InChI is InChI=1S/C28H41N3O4.BrH/c1-10-19(11-2)12-13-30-14-15-31(25(30)29-26(34)35-9)18-23(32)20-16-21(27(3,4)5)24(33)22(17-20)28(6,7)8;/h12,14-17,33H,10-11,13,18H2,1-9H3;1H/b29-25-;. The van der Waals surface area contributed by atoms with E-state index in [0.29, 0.717) is 17.7 Å². The van der Waals surface area contributed by atoms with Gasteiger partial charge in [0.15, 0.2) is 5.78 Å². The molecule has 0 fully saturated rings. The van der Waals surface area contributed by atoms with Gasteiger partial charge in [0.1, 0.15) is 5.75 Å². The maximum atomic E-state index is 13.5. The number of methoxy groups -OCH3 is 1. The van der Waals surface area contributed by atoms with Gasteiger partial charge < -0.3 is 19.0 Å². The lowest BCUT2D eigenvalue weighted by molar-refractivity contribution is 0.0969. The van der Waals surface area contributed by atoms with Gasteiger partial charge in [0.25, 0.3) is 0 Å². The average molecular weight is 565 g/mol. The number of carbonyl (C=O) groups is 2. The molecular weight excluding hydrogens is 522 g/mol. The fourth-order valence-electron chi connectivity index (χ4n) is 3.93. The van der Waals surface area contributed by atoms with E-state index < -0.39 is 6.09 Å². The molecule has 36 heavy (non-hydrogen) atoms. The summed E-state index contributed by atoms with van der Waals surface area (Å²) < 4.78 is 8.23. The normalized spacial score (nSPS) is 12.2. The van der Waals surface area contributed by atoms with Crippen LogP contribution in [0.25, 0.3) is 0 Å². The van der Waals surface area contributed by atoms with E-state index in [-0.39, 0.29) is 45.9 Å². The highest BCUT2D eigenvalue weighted by molar-refractivity contribution is 8.93. The molecule has 7 nitrogen and oxygen atoms in total. The SMILES string of the molecule is Br.CCC(=CCn1ccn(CC(=O)c2cc(C(C)(C)C)c(O)c(C(C)(C)C)c2)/c1=N\C(=O)OC)CC. The minimum Gasteiger partial charge on any atom is -0.507 e. The number of phenolic OH excluding ortho intramolecular Hbond substituents is 1. The van der Waals surface area contributed by atoms with E-state index in [1.807, 2.05) is 52.3 Å². The molecule has 0 saturated heterocycles. The molecule has 200 valence electrons. The number of allylic oxidation sites excluding steroid dienone is 2. The van der Waals surface area contributed by atoms with Gasteiger partial charge in [-0.1, -0.05) is 67.0 Å². The molecular formula is C28H42BrN3O4. The molecule has 1 heterocycles. The Kier molecular flexibility index (Phi) is 11.0. The van der Waals surface area contributed by atoms with Crippen LogP contribution in [0, 0.1) is 0 Å². The molecule has 1 aromatic heterocycles. The summed E-state index contributed by atoms with van der Waals surface area (Å²) in [5.41, 5.74) is 2.94. The van der Waals surface area contributed by atoms with E-state index in [1.165, 1.54) is 12.7 Å². The number of ether oxygens (including phenoxy) is 1. The van der Waals surface area contributed by atoms with E-state index in [9.17, 15) is 14.7 Å². The van der Waals surface area contributed by atoms with Crippen molar-refractivity contribution in [2.45, 2.75) is 92.2 Å². The largest absolute Gasteiger partial charge is 0.507 e. The number of hydrogen-bond donors (Lipinski definition) is 1. The molecule has 0 spiro atoms. The van der Waals surface area contributed by atoms with E-state index in [2.05, 4.69) is 24.9 Å². The lowest BCUT2D eigenvalue weighted by atomic mass is 9.78. The summed E-state index contributed by atoms with van der Waals surface area (Å²) in [4.78, 5) is 29.6. The van der Waals surface area contributed by atoms with Gasteiger partial charge in [0.05, 0.1) is 13.7 Å². The number of halogens is 1. The van der Waals surface area contributed by atoms with Crippen molar-refractivity contribution in [3.05, 3.63) is 58.5 Å². The summed E-state index contributed by atoms with van der Waals surface area (Å²) >= 11 is 0. The molecule has 0 aliphatic rings. The Balaban J connectivity index is 0.00000648. The maximum absolute atomic E-state index is 13.5. The summed E-state index contributed by atoms with van der Waals surface area (Å²) in [6, 6.07) is 3.55. The van der Waals surface area contributed by atoms with Crippen LogP contribution < -0.4 is 5.62 Å². The molecule has 0 aliphatic carbocycles. The smallest absolute Gasteiger partial charge is 0.436 e. The highest BCUT2D eigenvalue weighted by Crippen LogP contribution is 2.39. The molecule has 0 unspecified atom stereocenters. The quantitative estimate of drug-likeness (QED) is 0.309. The summed E-state index contributed by atoms with van der Waals surface area (Å²) in [7, 11) is 1.28. The van der Waals surface area contributed by atoms with Crippen molar-refractivity contribution >= 4 is 28.9 Å². The molecule has 1 N–H and O–H groups in total. The van der Waals surface area contributed by atoms with Crippen LogP contribution in [0.15, 0.2) is 41.2 Å². The Hall–Kier alpha value is -2.61. The zero-order valence-electron chi connectivity index (χ0n) is 23.1. The molecule has 2 aromatic rings. The molecule has 0 atom stereocenters. The van der Waals surface area contributed by atoms with Crippen LogP contribution in [0.2, 0.25) is 0 Å². The van der Waals surface area contributed by atoms with Gasteiger partial charge in [0.2, 0.25) is 5.62 Å². The number of imidazole rings is 1. The molecule has 2 rings (SSSR count). The van der Waals surface area contributed by atoms with Crippen LogP contribution >= 0.6 is 17.0 Å².